The quantitative estimate of drug-likeness (QED) is 0.598. The van der Waals surface area contributed by atoms with Gasteiger partial charge in [-0.15, -0.1) is 0 Å². The molecule has 1 atom stereocenters. The zero-order valence-electron chi connectivity index (χ0n) is 13.2. The minimum Gasteiger partial charge on any atom is -0.356 e. The van der Waals surface area contributed by atoms with Crippen molar-refractivity contribution in [3.05, 3.63) is 34.3 Å². The van der Waals surface area contributed by atoms with Gasteiger partial charge >= 0.3 is 0 Å². The van der Waals surface area contributed by atoms with E-state index in [2.05, 4.69) is 49.8 Å². The van der Waals surface area contributed by atoms with E-state index in [0.717, 1.165) is 23.9 Å². The summed E-state index contributed by atoms with van der Waals surface area (Å²) in [6.45, 7) is 0.808. The summed E-state index contributed by atoms with van der Waals surface area (Å²) in [5.74, 6) is 1.15. The summed E-state index contributed by atoms with van der Waals surface area (Å²) in [5.41, 5.74) is 1.50. The topological polar surface area (TPSA) is 70.6 Å². The molecule has 1 aliphatic heterocycles. The van der Waals surface area contributed by atoms with E-state index in [1.165, 1.54) is 5.56 Å². The highest BCUT2D eigenvalue weighted by Gasteiger charge is 2.44. The Morgan fingerprint density at radius 2 is 2.22 bits per heavy atom. The molecule has 1 aromatic rings. The average Bonchev–Trinajstić information content (AvgIpc) is 3.22. The van der Waals surface area contributed by atoms with Crippen molar-refractivity contribution < 1.29 is 8.42 Å². The highest BCUT2D eigenvalue weighted by Crippen LogP contribution is 2.48. The maximum absolute atomic E-state index is 11.6. The van der Waals surface area contributed by atoms with Gasteiger partial charge in [0.1, 0.15) is 0 Å². The molecule has 2 fully saturated rings. The summed E-state index contributed by atoms with van der Waals surface area (Å²) in [6, 6.07) is 8.41. The third kappa shape index (κ3) is 4.07. The second-order valence-electron chi connectivity index (χ2n) is 6.46. The molecule has 0 amide bonds. The molecule has 7 heteroatoms. The minimum atomic E-state index is -2.88. The molecule has 3 rings (SSSR count). The zero-order chi connectivity index (χ0) is 16.5. The molecular weight excluding hydrogens is 378 g/mol. The maximum Gasteiger partial charge on any atom is 0.191 e. The Balaban J connectivity index is 1.58. The van der Waals surface area contributed by atoms with Gasteiger partial charge in [0, 0.05) is 29.5 Å². The van der Waals surface area contributed by atoms with Crippen molar-refractivity contribution in [3.63, 3.8) is 0 Å². The van der Waals surface area contributed by atoms with E-state index in [0.29, 0.717) is 12.4 Å². The Morgan fingerprint density at radius 3 is 2.78 bits per heavy atom. The average molecular weight is 400 g/mol. The molecule has 126 valence electrons. The molecule has 0 spiro atoms. The number of halogens is 1. The molecule has 2 aliphatic rings. The highest BCUT2D eigenvalue weighted by atomic mass is 79.9. The summed E-state index contributed by atoms with van der Waals surface area (Å²) >= 11 is 3.53. The third-order valence-corrected chi connectivity index (χ3v) is 6.94. The normalized spacial score (nSPS) is 25.1. The number of hydrogen-bond donors (Lipinski definition) is 2. The molecule has 1 saturated carbocycles. The second-order valence-corrected chi connectivity index (χ2v) is 9.61. The monoisotopic (exact) mass is 399 g/mol. The molecule has 0 bridgehead atoms. The van der Waals surface area contributed by atoms with Crippen LogP contribution < -0.4 is 10.6 Å². The van der Waals surface area contributed by atoms with Crippen LogP contribution in [-0.2, 0) is 15.3 Å². The first-order valence-corrected chi connectivity index (χ1v) is 10.5. The van der Waals surface area contributed by atoms with Gasteiger partial charge in [0.25, 0.3) is 0 Å². The van der Waals surface area contributed by atoms with Crippen molar-refractivity contribution in [2.45, 2.75) is 30.7 Å². The zero-order valence-corrected chi connectivity index (χ0v) is 15.6. The van der Waals surface area contributed by atoms with E-state index in [1.807, 2.05) is 6.07 Å². The lowest BCUT2D eigenvalue weighted by Gasteiger charge is -2.21. The number of aliphatic imine (C=N–C) groups is 1. The van der Waals surface area contributed by atoms with Crippen LogP contribution in [0.2, 0.25) is 0 Å². The van der Waals surface area contributed by atoms with Crippen molar-refractivity contribution in [3.8, 4) is 0 Å². The van der Waals surface area contributed by atoms with Gasteiger partial charge < -0.3 is 10.6 Å². The fourth-order valence-electron chi connectivity index (χ4n) is 3.09. The van der Waals surface area contributed by atoms with Gasteiger partial charge in [0.2, 0.25) is 0 Å². The SMILES string of the molecule is CN=C(NCC1(c2cccc(Br)c2)CC1)NC1CCS(=O)(=O)C1. The molecule has 1 aliphatic carbocycles. The van der Waals surface area contributed by atoms with Gasteiger partial charge in [-0.05, 0) is 37.0 Å². The predicted molar refractivity (Wildman–Crippen MR) is 96.6 cm³/mol. The Morgan fingerprint density at radius 1 is 1.43 bits per heavy atom. The number of sulfone groups is 1. The van der Waals surface area contributed by atoms with E-state index in [9.17, 15) is 8.42 Å². The fourth-order valence-corrected chi connectivity index (χ4v) is 5.16. The molecule has 0 aromatic heterocycles. The number of nitrogens with one attached hydrogen (secondary N) is 2. The molecule has 1 saturated heterocycles. The van der Waals surface area contributed by atoms with Crippen molar-refractivity contribution in [1.82, 2.24) is 10.6 Å². The van der Waals surface area contributed by atoms with Crippen LogP contribution in [0.1, 0.15) is 24.8 Å². The van der Waals surface area contributed by atoms with Crippen molar-refractivity contribution in [2.24, 2.45) is 4.99 Å². The summed E-state index contributed by atoms with van der Waals surface area (Å²) < 4.78 is 24.2. The van der Waals surface area contributed by atoms with Crippen LogP contribution in [0.5, 0.6) is 0 Å². The largest absolute Gasteiger partial charge is 0.356 e. The number of benzene rings is 1. The molecule has 2 N–H and O–H groups in total. The van der Waals surface area contributed by atoms with E-state index >= 15 is 0 Å². The fraction of sp³-hybridized carbons (Fsp3) is 0.562. The lowest BCUT2D eigenvalue weighted by Crippen LogP contribution is -2.46. The standard InChI is InChI=1S/C16H22BrN3O2S/c1-18-15(20-14-5-8-23(21,22)10-14)19-11-16(6-7-16)12-3-2-4-13(17)9-12/h2-4,9,14H,5-8,10-11H2,1H3,(H2,18,19,20). The second kappa shape index (κ2) is 6.43. The van der Waals surface area contributed by atoms with Crippen molar-refractivity contribution >= 4 is 31.7 Å². The van der Waals surface area contributed by atoms with Gasteiger partial charge in [-0.3, -0.25) is 4.99 Å². The molecule has 5 nitrogen and oxygen atoms in total. The van der Waals surface area contributed by atoms with Crippen LogP contribution in [-0.4, -0.2) is 45.5 Å². The van der Waals surface area contributed by atoms with Crippen LogP contribution in [0, 0.1) is 0 Å². The lowest BCUT2D eigenvalue weighted by atomic mass is 9.96. The molecule has 1 unspecified atom stereocenters. The molecular formula is C16H22BrN3O2S. The van der Waals surface area contributed by atoms with Crippen LogP contribution in [0.15, 0.2) is 33.7 Å². The summed E-state index contributed by atoms with van der Waals surface area (Å²) in [5, 5.41) is 6.61. The maximum atomic E-state index is 11.6. The number of rotatable bonds is 4. The number of guanidine groups is 1. The van der Waals surface area contributed by atoms with Gasteiger partial charge in [-0.1, -0.05) is 28.1 Å². The van der Waals surface area contributed by atoms with Crippen LogP contribution in [0.4, 0.5) is 0 Å². The van der Waals surface area contributed by atoms with Crippen LogP contribution in [0.3, 0.4) is 0 Å². The first kappa shape index (κ1) is 16.8. The predicted octanol–water partition coefficient (Wildman–Crippen LogP) is 1.83. The summed E-state index contributed by atoms with van der Waals surface area (Å²) in [4.78, 5) is 4.23. The number of nitrogens with zero attached hydrogens (tertiary/aromatic N) is 1. The Kier molecular flexibility index (Phi) is 4.69. The van der Waals surface area contributed by atoms with Gasteiger partial charge in [0.15, 0.2) is 15.8 Å². The summed E-state index contributed by atoms with van der Waals surface area (Å²) in [7, 11) is -1.16. The third-order valence-electron chi connectivity index (χ3n) is 4.68. The van der Waals surface area contributed by atoms with E-state index in [-0.39, 0.29) is 23.0 Å². The van der Waals surface area contributed by atoms with Crippen molar-refractivity contribution in [1.29, 1.82) is 0 Å². The molecule has 0 radical (unpaired) electrons. The molecule has 23 heavy (non-hydrogen) atoms. The van der Waals surface area contributed by atoms with Gasteiger partial charge in [0.05, 0.1) is 11.5 Å². The van der Waals surface area contributed by atoms with Gasteiger partial charge in [-0.2, -0.15) is 0 Å². The Bertz CT molecular complexity index is 714. The molecule has 1 heterocycles. The molecule has 1 aromatic carbocycles. The lowest BCUT2D eigenvalue weighted by molar-refractivity contribution is 0.597. The van der Waals surface area contributed by atoms with Crippen molar-refractivity contribution in [2.75, 3.05) is 25.1 Å². The van der Waals surface area contributed by atoms with Gasteiger partial charge in [-0.25, -0.2) is 8.42 Å². The Labute approximate surface area is 146 Å². The van der Waals surface area contributed by atoms with E-state index < -0.39 is 9.84 Å². The summed E-state index contributed by atoms with van der Waals surface area (Å²) in [6.07, 6.45) is 2.97. The minimum absolute atomic E-state index is 0.0350. The van der Waals surface area contributed by atoms with Crippen LogP contribution in [0.25, 0.3) is 0 Å². The smallest absolute Gasteiger partial charge is 0.191 e. The van der Waals surface area contributed by atoms with E-state index in [1.54, 1.807) is 7.05 Å². The highest BCUT2D eigenvalue weighted by molar-refractivity contribution is 9.10. The van der Waals surface area contributed by atoms with Crippen LogP contribution >= 0.6 is 15.9 Å². The Hall–Kier alpha value is -1.08. The van der Waals surface area contributed by atoms with E-state index in [4.69, 9.17) is 0 Å². The first-order valence-electron chi connectivity index (χ1n) is 7.86. The number of hydrogen-bond acceptors (Lipinski definition) is 3. The first-order chi connectivity index (χ1) is 10.9.